The van der Waals surface area contributed by atoms with Crippen molar-refractivity contribution in [2.75, 3.05) is 18.0 Å². The maximum absolute atomic E-state index is 4.23. The Hall–Kier alpha value is -1.35. The van der Waals surface area contributed by atoms with Gasteiger partial charge in [0.15, 0.2) is 0 Å². The van der Waals surface area contributed by atoms with Crippen LogP contribution in [-0.2, 0) is 6.54 Å². The Kier molecular flexibility index (Phi) is 6.44. The van der Waals surface area contributed by atoms with Gasteiger partial charge in [-0.1, -0.05) is 26.8 Å². The van der Waals surface area contributed by atoms with Crippen molar-refractivity contribution in [3.05, 3.63) is 36.7 Å². The van der Waals surface area contributed by atoms with Crippen molar-refractivity contribution in [3.8, 4) is 0 Å². The Labute approximate surface area is 111 Å². The number of nitrogens with zero attached hydrogens (tertiary/aromatic N) is 2. The van der Waals surface area contributed by atoms with E-state index >= 15 is 0 Å². The molecule has 0 aliphatic rings. The lowest BCUT2D eigenvalue weighted by Gasteiger charge is -2.25. The molecule has 1 rings (SSSR count). The lowest BCUT2D eigenvalue weighted by molar-refractivity contribution is 0.587. The molecule has 0 fully saturated rings. The second-order valence-electron chi connectivity index (χ2n) is 4.77. The second-order valence-corrected chi connectivity index (χ2v) is 4.77. The van der Waals surface area contributed by atoms with Gasteiger partial charge in [-0.3, -0.25) is 4.98 Å². The molecule has 0 bridgehead atoms. The molecule has 0 spiro atoms. The number of pyridine rings is 1. The summed E-state index contributed by atoms with van der Waals surface area (Å²) in [7, 11) is 0. The van der Waals surface area contributed by atoms with Gasteiger partial charge in [0.25, 0.3) is 0 Å². The number of rotatable bonds is 8. The van der Waals surface area contributed by atoms with E-state index in [-0.39, 0.29) is 0 Å². The quantitative estimate of drug-likeness (QED) is 0.716. The molecule has 1 aromatic heterocycles. The van der Waals surface area contributed by atoms with E-state index in [1.54, 1.807) is 0 Å². The van der Waals surface area contributed by atoms with E-state index in [1.165, 1.54) is 11.3 Å². The van der Waals surface area contributed by atoms with Crippen molar-refractivity contribution in [2.24, 2.45) is 0 Å². The molecule has 3 heteroatoms. The third-order valence-electron chi connectivity index (χ3n) is 2.76. The molecule has 18 heavy (non-hydrogen) atoms. The van der Waals surface area contributed by atoms with Crippen molar-refractivity contribution >= 4 is 5.69 Å². The lowest BCUT2D eigenvalue weighted by Crippen LogP contribution is -2.28. The highest BCUT2D eigenvalue weighted by atomic mass is 15.1. The summed E-state index contributed by atoms with van der Waals surface area (Å²) in [6, 6.07) is 2.58. The number of hydrogen-bond acceptors (Lipinski definition) is 3. The summed E-state index contributed by atoms with van der Waals surface area (Å²) in [5, 5.41) is 3.45. The summed E-state index contributed by atoms with van der Waals surface area (Å²) in [6.07, 6.45) is 6.90. The third kappa shape index (κ3) is 4.49. The summed E-state index contributed by atoms with van der Waals surface area (Å²) in [6.45, 7) is 13.1. The first kappa shape index (κ1) is 14.7. The highest BCUT2D eigenvalue weighted by Crippen LogP contribution is 2.19. The maximum Gasteiger partial charge on any atom is 0.0445 e. The molecule has 0 atom stereocenters. The molecule has 0 saturated heterocycles. The van der Waals surface area contributed by atoms with Gasteiger partial charge in [0.1, 0.15) is 0 Å². The molecule has 1 aromatic rings. The zero-order valence-electron chi connectivity index (χ0n) is 11.8. The summed E-state index contributed by atoms with van der Waals surface area (Å²) in [5.41, 5.74) is 2.52. The SMILES string of the molecule is C=CCN(CCC)c1ccncc1CNC(C)C. The number of nitrogens with one attached hydrogen (secondary N) is 1. The zero-order chi connectivity index (χ0) is 13.4. The highest BCUT2D eigenvalue weighted by Gasteiger charge is 2.09. The van der Waals surface area contributed by atoms with Crippen molar-refractivity contribution in [2.45, 2.75) is 39.8 Å². The molecule has 0 radical (unpaired) electrons. The van der Waals surface area contributed by atoms with Crippen LogP contribution in [-0.4, -0.2) is 24.1 Å². The smallest absolute Gasteiger partial charge is 0.0445 e. The highest BCUT2D eigenvalue weighted by molar-refractivity contribution is 5.52. The van der Waals surface area contributed by atoms with E-state index in [9.17, 15) is 0 Å². The van der Waals surface area contributed by atoms with Crippen LogP contribution in [0.4, 0.5) is 5.69 Å². The fourth-order valence-electron chi connectivity index (χ4n) is 1.91. The monoisotopic (exact) mass is 247 g/mol. The van der Waals surface area contributed by atoms with Crippen molar-refractivity contribution in [3.63, 3.8) is 0 Å². The molecule has 1 heterocycles. The van der Waals surface area contributed by atoms with Gasteiger partial charge < -0.3 is 10.2 Å². The number of hydrogen-bond donors (Lipinski definition) is 1. The molecule has 0 amide bonds. The molecule has 0 unspecified atom stereocenters. The molecule has 0 aliphatic carbocycles. The van der Waals surface area contributed by atoms with Crippen LogP contribution in [0.25, 0.3) is 0 Å². The van der Waals surface area contributed by atoms with E-state index in [0.717, 1.165) is 26.1 Å². The standard InChI is InChI=1S/C15H25N3/c1-5-9-18(10-6-2)15-7-8-16-11-14(15)12-17-13(3)4/h5,7-8,11,13,17H,1,6,9-10,12H2,2-4H3. The van der Waals surface area contributed by atoms with Gasteiger partial charge in [0.05, 0.1) is 0 Å². The second kappa shape index (κ2) is 7.88. The van der Waals surface area contributed by atoms with Crippen LogP contribution in [0.2, 0.25) is 0 Å². The average Bonchev–Trinajstić information content (AvgIpc) is 2.36. The van der Waals surface area contributed by atoms with Gasteiger partial charge in [-0.05, 0) is 12.5 Å². The first-order chi connectivity index (χ1) is 8.69. The molecule has 0 saturated carbocycles. The third-order valence-corrected chi connectivity index (χ3v) is 2.76. The van der Waals surface area contributed by atoms with Crippen molar-refractivity contribution in [1.82, 2.24) is 10.3 Å². The minimum absolute atomic E-state index is 0.483. The van der Waals surface area contributed by atoms with Gasteiger partial charge in [-0.15, -0.1) is 6.58 Å². The largest absolute Gasteiger partial charge is 0.367 e. The van der Waals surface area contributed by atoms with Crippen LogP contribution in [0, 0.1) is 0 Å². The summed E-state index contributed by atoms with van der Waals surface area (Å²) < 4.78 is 0. The van der Waals surface area contributed by atoms with E-state index in [0.29, 0.717) is 6.04 Å². The topological polar surface area (TPSA) is 28.2 Å². The minimum atomic E-state index is 0.483. The molecule has 100 valence electrons. The Morgan fingerprint density at radius 1 is 1.50 bits per heavy atom. The first-order valence-electron chi connectivity index (χ1n) is 6.71. The van der Waals surface area contributed by atoms with E-state index in [1.807, 2.05) is 18.5 Å². The van der Waals surface area contributed by atoms with Crippen LogP contribution < -0.4 is 10.2 Å². The Bertz CT molecular complexity index is 361. The summed E-state index contributed by atoms with van der Waals surface area (Å²) in [4.78, 5) is 6.59. The molecule has 1 N–H and O–H groups in total. The van der Waals surface area contributed by atoms with Gasteiger partial charge in [0.2, 0.25) is 0 Å². The van der Waals surface area contributed by atoms with E-state index in [2.05, 4.69) is 48.6 Å². The fourth-order valence-corrected chi connectivity index (χ4v) is 1.91. The summed E-state index contributed by atoms with van der Waals surface area (Å²) >= 11 is 0. The van der Waals surface area contributed by atoms with Crippen molar-refractivity contribution in [1.29, 1.82) is 0 Å². The minimum Gasteiger partial charge on any atom is -0.367 e. The maximum atomic E-state index is 4.23. The van der Waals surface area contributed by atoms with Crippen LogP contribution in [0.15, 0.2) is 31.1 Å². The average molecular weight is 247 g/mol. The number of anilines is 1. The molecular formula is C15H25N3. The fraction of sp³-hybridized carbons (Fsp3) is 0.533. The normalized spacial score (nSPS) is 10.7. The van der Waals surface area contributed by atoms with Gasteiger partial charge >= 0.3 is 0 Å². The number of aromatic nitrogens is 1. The molecule has 0 aliphatic heterocycles. The summed E-state index contributed by atoms with van der Waals surface area (Å²) in [5.74, 6) is 0. The van der Waals surface area contributed by atoms with Gasteiger partial charge in [0, 0.05) is 49.3 Å². The molecular weight excluding hydrogens is 222 g/mol. The van der Waals surface area contributed by atoms with E-state index in [4.69, 9.17) is 0 Å². The Morgan fingerprint density at radius 2 is 2.28 bits per heavy atom. The predicted octanol–water partition coefficient (Wildman–Crippen LogP) is 2.98. The molecule has 3 nitrogen and oxygen atoms in total. The van der Waals surface area contributed by atoms with E-state index < -0.39 is 0 Å². The predicted molar refractivity (Wildman–Crippen MR) is 78.9 cm³/mol. The zero-order valence-corrected chi connectivity index (χ0v) is 11.8. The van der Waals surface area contributed by atoms with Crippen molar-refractivity contribution < 1.29 is 0 Å². The van der Waals surface area contributed by atoms with Gasteiger partial charge in [-0.2, -0.15) is 0 Å². The Morgan fingerprint density at radius 3 is 2.89 bits per heavy atom. The molecule has 0 aromatic carbocycles. The van der Waals surface area contributed by atoms with Gasteiger partial charge in [-0.25, -0.2) is 0 Å². The lowest BCUT2D eigenvalue weighted by atomic mass is 10.2. The van der Waals surface area contributed by atoms with Crippen LogP contribution in [0.5, 0.6) is 0 Å². The van der Waals surface area contributed by atoms with Crippen LogP contribution in [0.1, 0.15) is 32.8 Å². The Balaban J connectivity index is 2.86. The van der Waals surface area contributed by atoms with Crippen LogP contribution in [0.3, 0.4) is 0 Å². The first-order valence-corrected chi connectivity index (χ1v) is 6.71. The van der Waals surface area contributed by atoms with Crippen LogP contribution >= 0.6 is 0 Å².